The van der Waals surface area contributed by atoms with Crippen molar-refractivity contribution in [2.75, 3.05) is 0 Å². The topological polar surface area (TPSA) is 20.2 Å². The lowest BCUT2D eigenvalue weighted by molar-refractivity contribution is 0.475. The fourth-order valence-corrected chi connectivity index (χ4v) is 2.61. The first-order valence-electron chi connectivity index (χ1n) is 3.59. The second-order valence-electron chi connectivity index (χ2n) is 2.73. The highest BCUT2D eigenvalue weighted by molar-refractivity contribution is 7.80. The number of phenols is 1. The summed E-state index contributed by atoms with van der Waals surface area (Å²) < 4.78 is 1.09. The molecule has 0 atom stereocenters. The first-order chi connectivity index (χ1) is 5.66. The molecule has 1 nitrogen and oxygen atoms in total. The van der Waals surface area contributed by atoms with Crippen LogP contribution in [0.5, 0.6) is 5.75 Å². The molecule has 0 aliphatic heterocycles. The fraction of sp³-hybridized carbons (Fsp3) is 0.111. The average molecular weight is 196 g/mol. The summed E-state index contributed by atoms with van der Waals surface area (Å²) >= 11 is 5.95. The predicted molar refractivity (Wildman–Crippen MR) is 55.5 cm³/mol. The van der Waals surface area contributed by atoms with Crippen LogP contribution in [-0.4, -0.2) is 5.11 Å². The minimum atomic E-state index is 0.286. The second-order valence-corrected chi connectivity index (χ2v) is 4.50. The summed E-state index contributed by atoms with van der Waals surface area (Å²) in [5, 5.41) is 10.4. The monoisotopic (exact) mass is 196 g/mol. The van der Waals surface area contributed by atoms with Crippen LogP contribution in [0, 0.1) is 6.92 Å². The summed E-state index contributed by atoms with van der Waals surface area (Å²) in [4.78, 5) is 2.08. The maximum atomic E-state index is 9.28. The normalized spacial score (nSPS) is 10.8. The number of benzene rings is 1. The van der Waals surface area contributed by atoms with E-state index in [4.69, 9.17) is 0 Å². The quantitative estimate of drug-likeness (QED) is 0.620. The fourth-order valence-electron chi connectivity index (χ4n) is 1.23. The van der Waals surface area contributed by atoms with Gasteiger partial charge in [0.15, 0.2) is 0 Å². The van der Waals surface area contributed by atoms with E-state index < -0.39 is 0 Å². The van der Waals surface area contributed by atoms with Gasteiger partial charge in [-0.05, 0) is 25.1 Å². The van der Waals surface area contributed by atoms with Gasteiger partial charge in [-0.2, -0.15) is 0 Å². The van der Waals surface area contributed by atoms with Crippen molar-refractivity contribution in [1.82, 2.24) is 0 Å². The molecule has 0 unspecified atom stereocenters. The van der Waals surface area contributed by atoms with Crippen LogP contribution in [0.1, 0.15) is 4.88 Å². The SMILES string of the molecule is Cc1cc2c(S)cc(O)cc2s1. The Morgan fingerprint density at radius 2 is 2.08 bits per heavy atom. The second kappa shape index (κ2) is 2.68. The van der Waals surface area contributed by atoms with Gasteiger partial charge in [-0.1, -0.05) is 0 Å². The lowest BCUT2D eigenvalue weighted by Gasteiger charge is -1.95. The lowest BCUT2D eigenvalue weighted by atomic mass is 10.2. The lowest BCUT2D eigenvalue weighted by Crippen LogP contribution is -1.68. The molecule has 0 radical (unpaired) electrons. The summed E-state index contributed by atoms with van der Waals surface area (Å²) in [6.07, 6.45) is 0. The van der Waals surface area contributed by atoms with Crippen LogP contribution in [0.15, 0.2) is 23.1 Å². The Hall–Kier alpha value is -0.670. The van der Waals surface area contributed by atoms with Crippen LogP contribution in [-0.2, 0) is 0 Å². The van der Waals surface area contributed by atoms with Crippen molar-refractivity contribution in [3.8, 4) is 5.75 Å². The van der Waals surface area contributed by atoms with Gasteiger partial charge in [-0.15, -0.1) is 24.0 Å². The summed E-state index contributed by atoms with van der Waals surface area (Å²) in [5.41, 5.74) is 0. The summed E-state index contributed by atoms with van der Waals surface area (Å²) in [7, 11) is 0. The third kappa shape index (κ3) is 1.19. The van der Waals surface area contributed by atoms with Crippen LogP contribution < -0.4 is 0 Å². The van der Waals surface area contributed by atoms with Crippen LogP contribution in [0.25, 0.3) is 10.1 Å². The number of hydrogen-bond acceptors (Lipinski definition) is 3. The largest absolute Gasteiger partial charge is 0.508 e. The highest BCUT2D eigenvalue weighted by Crippen LogP contribution is 2.33. The minimum Gasteiger partial charge on any atom is -0.508 e. The Bertz CT molecular complexity index is 431. The molecule has 0 bridgehead atoms. The molecule has 1 N–H and O–H groups in total. The number of rotatable bonds is 0. The molecule has 12 heavy (non-hydrogen) atoms. The van der Waals surface area contributed by atoms with Gasteiger partial charge in [0.2, 0.25) is 0 Å². The standard InChI is InChI=1S/C9H8OS2/c1-5-2-7-8(11)3-6(10)4-9(7)12-5/h2-4,10-11H,1H3. The van der Waals surface area contributed by atoms with Crippen LogP contribution in [0.4, 0.5) is 0 Å². The van der Waals surface area contributed by atoms with Gasteiger partial charge in [0.05, 0.1) is 0 Å². The van der Waals surface area contributed by atoms with Gasteiger partial charge < -0.3 is 5.11 Å². The molecular formula is C9H8OS2. The predicted octanol–water partition coefficient (Wildman–Crippen LogP) is 3.20. The molecule has 62 valence electrons. The van der Waals surface area contributed by atoms with Crippen molar-refractivity contribution in [1.29, 1.82) is 0 Å². The van der Waals surface area contributed by atoms with Crippen molar-refractivity contribution in [2.24, 2.45) is 0 Å². The zero-order chi connectivity index (χ0) is 8.72. The zero-order valence-electron chi connectivity index (χ0n) is 6.53. The number of phenolic OH excluding ortho intramolecular Hbond substituents is 1. The molecule has 1 aromatic heterocycles. The zero-order valence-corrected chi connectivity index (χ0v) is 8.25. The first-order valence-corrected chi connectivity index (χ1v) is 4.85. The molecule has 0 saturated heterocycles. The Morgan fingerprint density at radius 1 is 1.33 bits per heavy atom. The molecule has 0 amide bonds. The number of thiol groups is 1. The van der Waals surface area contributed by atoms with Crippen LogP contribution in [0.2, 0.25) is 0 Å². The van der Waals surface area contributed by atoms with E-state index in [-0.39, 0.29) is 5.75 Å². The Balaban J connectivity index is 2.88. The van der Waals surface area contributed by atoms with E-state index in [1.165, 1.54) is 4.88 Å². The maximum absolute atomic E-state index is 9.28. The average Bonchev–Trinajstić information content (AvgIpc) is 2.29. The summed E-state index contributed by atoms with van der Waals surface area (Å²) in [6.45, 7) is 2.05. The van der Waals surface area contributed by atoms with Gasteiger partial charge in [0, 0.05) is 19.9 Å². The number of aryl methyl sites for hydroxylation is 1. The minimum absolute atomic E-state index is 0.286. The van der Waals surface area contributed by atoms with Crippen molar-refractivity contribution in [3.05, 3.63) is 23.1 Å². The third-order valence-corrected chi connectivity index (χ3v) is 3.09. The van der Waals surface area contributed by atoms with Gasteiger partial charge in [-0.3, -0.25) is 0 Å². The van der Waals surface area contributed by atoms with Gasteiger partial charge in [0.1, 0.15) is 5.75 Å². The molecule has 0 aliphatic rings. The van der Waals surface area contributed by atoms with Crippen LogP contribution >= 0.6 is 24.0 Å². The summed E-state index contributed by atoms with van der Waals surface area (Å²) in [6, 6.07) is 5.52. The molecule has 2 rings (SSSR count). The van der Waals surface area contributed by atoms with E-state index in [1.807, 2.05) is 0 Å². The molecule has 0 aliphatic carbocycles. The molecule has 0 fully saturated rings. The van der Waals surface area contributed by atoms with E-state index >= 15 is 0 Å². The van der Waals surface area contributed by atoms with E-state index in [2.05, 4.69) is 25.6 Å². The van der Waals surface area contributed by atoms with Crippen molar-refractivity contribution in [2.45, 2.75) is 11.8 Å². The van der Waals surface area contributed by atoms with Crippen molar-refractivity contribution < 1.29 is 5.11 Å². The Labute approximate surface area is 80.1 Å². The Kier molecular flexibility index (Phi) is 1.77. The molecule has 0 saturated carbocycles. The highest BCUT2D eigenvalue weighted by atomic mass is 32.1. The van der Waals surface area contributed by atoms with E-state index in [9.17, 15) is 5.11 Å². The van der Waals surface area contributed by atoms with Crippen LogP contribution in [0.3, 0.4) is 0 Å². The first kappa shape index (κ1) is 7.95. The van der Waals surface area contributed by atoms with E-state index in [0.717, 1.165) is 15.0 Å². The third-order valence-electron chi connectivity index (χ3n) is 1.72. The van der Waals surface area contributed by atoms with Gasteiger partial charge in [-0.25, -0.2) is 0 Å². The molecule has 3 heteroatoms. The smallest absolute Gasteiger partial charge is 0.118 e. The maximum Gasteiger partial charge on any atom is 0.118 e. The molecule has 0 spiro atoms. The van der Waals surface area contributed by atoms with Gasteiger partial charge >= 0.3 is 0 Å². The number of hydrogen-bond donors (Lipinski definition) is 2. The molecule has 2 aromatic rings. The van der Waals surface area contributed by atoms with Gasteiger partial charge in [0.25, 0.3) is 0 Å². The van der Waals surface area contributed by atoms with E-state index in [0.29, 0.717) is 0 Å². The van der Waals surface area contributed by atoms with Crippen molar-refractivity contribution >= 4 is 34.1 Å². The van der Waals surface area contributed by atoms with Crippen molar-refractivity contribution in [3.63, 3.8) is 0 Å². The number of fused-ring (bicyclic) bond motifs is 1. The van der Waals surface area contributed by atoms with E-state index in [1.54, 1.807) is 23.5 Å². The molecular weight excluding hydrogens is 188 g/mol. The Morgan fingerprint density at radius 3 is 2.83 bits per heavy atom. The molecule has 1 aromatic carbocycles. The summed E-state index contributed by atoms with van der Waals surface area (Å²) in [5.74, 6) is 0.286. The highest BCUT2D eigenvalue weighted by Gasteiger charge is 2.03. The molecule has 1 heterocycles. The number of thiophene rings is 1. The number of aromatic hydroxyl groups is 1.